The van der Waals surface area contributed by atoms with Crippen LogP contribution in [-0.4, -0.2) is 18.4 Å². The molecule has 3 rings (SSSR count). The number of rotatable bonds is 7. The number of nitrogens with one attached hydrogen (secondary N) is 2. The van der Waals surface area contributed by atoms with E-state index in [-0.39, 0.29) is 11.8 Å². The molecule has 2 N–H and O–H groups in total. The van der Waals surface area contributed by atoms with Crippen molar-refractivity contribution in [3.05, 3.63) is 90.0 Å². The van der Waals surface area contributed by atoms with Crippen LogP contribution in [0.15, 0.2) is 78.9 Å². The van der Waals surface area contributed by atoms with Gasteiger partial charge in [0.1, 0.15) is 5.75 Å². The van der Waals surface area contributed by atoms with Crippen LogP contribution in [0.25, 0.3) is 0 Å². The van der Waals surface area contributed by atoms with Gasteiger partial charge in [-0.05, 0) is 48.0 Å². The van der Waals surface area contributed by atoms with Gasteiger partial charge in [0.15, 0.2) is 0 Å². The third-order valence-electron chi connectivity index (χ3n) is 4.06. The van der Waals surface area contributed by atoms with Gasteiger partial charge in [-0.3, -0.25) is 9.59 Å². The first-order valence-corrected chi connectivity index (χ1v) is 9.06. The van der Waals surface area contributed by atoms with Gasteiger partial charge in [-0.15, -0.1) is 0 Å². The second-order valence-electron chi connectivity index (χ2n) is 6.32. The molecule has 5 nitrogen and oxygen atoms in total. The lowest BCUT2D eigenvalue weighted by Crippen LogP contribution is -2.12. The van der Waals surface area contributed by atoms with Crippen molar-refractivity contribution in [3.8, 4) is 5.75 Å². The maximum Gasteiger partial charge on any atom is 0.255 e. The number of ether oxygens (including phenoxy) is 1. The van der Waals surface area contributed by atoms with Crippen LogP contribution in [-0.2, 0) is 11.2 Å². The first-order chi connectivity index (χ1) is 13.6. The fourth-order valence-electron chi connectivity index (χ4n) is 2.72. The molecule has 3 aromatic rings. The van der Waals surface area contributed by atoms with E-state index in [9.17, 15) is 9.59 Å². The van der Waals surface area contributed by atoms with Crippen molar-refractivity contribution in [3.63, 3.8) is 0 Å². The Kier molecular flexibility index (Phi) is 6.41. The normalized spacial score (nSPS) is 10.2. The minimum Gasteiger partial charge on any atom is -0.493 e. The summed E-state index contributed by atoms with van der Waals surface area (Å²) in [5.41, 5.74) is 2.99. The van der Waals surface area contributed by atoms with E-state index in [0.29, 0.717) is 23.5 Å². The minimum atomic E-state index is -0.226. The lowest BCUT2D eigenvalue weighted by atomic mass is 10.1. The molecular formula is C23H22N2O3. The van der Waals surface area contributed by atoms with Crippen molar-refractivity contribution in [2.24, 2.45) is 0 Å². The standard InChI is InChI=1S/C23H22N2O3/c1-17(26)24-20-8-5-9-21(16-20)25-23(27)19-10-12-22(13-11-19)28-15-14-18-6-3-2-4-7-18/h2-13,16H,14-15H2,1H3,(H,24,26)(H,25,27). The zero-order valence-electron chi connectivity index (χ0n) is 15.6. The highest BCUT2D eigenvalue weighted by Crippen LogP contribution is 2.18. The van der Waals surface area contributed by atoms with Crippen molar-refractivity contribution >= 4 is 23.2 Å². The maximum absolute atomic E-state index is 12.4. The SMILES string of the molecule is CC(=O)Nc1cccc(NC(=O)c2ccc(OCCc3ccccc3)cc2)c1. The number of amides is 2. The number of hydrogen-bond donors (Lipinski definition) is 2. The molecule has 142 valence electrons. The summed E-state index contributed by atoms with van der Waals surface area (Å²) < 4.78 is 5.74. The van der Waals surface area contributed by atoms with E-state index in [1.165, 1.54) is 12.5 Å². The molecule has 0 aliphatic rings. The van der Waals surface area contributed by atoms with Gasteiger partial charge in [-0.2, -0.15) is 0 Å². The van der Waals surface area contributed by atoms with Crippen LogP contribution >= 0.6 is 0 Å². The highest BCUT2D eigenvalue weighted by atomic mass is 16.5. The average Bonchev–Trinajstić information content (AvgIpc) is 2.69. The minimum absolute atomic E-state index is 0.161. The Labute approximate surface area is 164 Å². The summed E-state index contributed by atoms with van der Waals surface area (Å²) in [5, 5.41) is 5.52. The first-order valence-electron chi connectivity index (χ1n) is 9.06. The van der Waals surface area contributed by atoms with E-state index in [1.54, 1.807) is 48.5 Å². The Balaban J connectivity index is 1.54. The molecule has 28 heavy (non-hydrogen) atoms. The summed E-state index contributed by atoms with van der Waals surface area (Å²) in [6, 6.07) is 24.2. The molecule has 0 heterocycles. The van der Waals surface area contributed by atoms with E-state index in [1.807, 2.05) is 18.2 Å². The summed E-state index contributed by atoms with van der Waals surface area (Å²) in [6.07, 6.45) is 0.827. The maximum atomic E-state index is 12.4. The second kappa shape index (κ2) is 9.37. The number of carbonyl (C=O) groups excluding carboxylic acids is 2. The zero-order chi connectivity index (χ0) is 19.8. The van der Waals surface area contributed by atoms with Crippen molar-refractivity contribution in [2.75, 3.05) is 17.2 Å². The quantitative estimate of drug-likeness (QED) is 0.639. The van der Waals surface area contributed by atoms with E-state index in [2.05, 4.69) is 22.8 Å². The fraction of sp³-hybridized carbons (Fsp3) is 0.130. The van der Waals surface area contributed by atoms with Gasteiger partial charge in [-0.25, -0.2) is 0 Å². The van der Waals surface area contributed by atoms with Gasteiger partial charge in [0.25, 0.3) is 5.91 Å². The molecule has 0 bridgehead atoms. The molecule has 0 aliphatic heterocycles. The third-order valence-corrected chi connectivity index (χ3v) is 4.06. The van der Waals surface area contributed by atoms with Gasteiger partial charge in [0.2, 0.25) is 5.91 Å². The van der Waals surface area contributed by atoms with Crippen molar-refractivity contribution in [1.29, 1.82) is 0 Å². The molecule has 0 unspecified atom stereocenters. The number of carbonyl (C=O) groups is 2. The highest BCUT2D eigenvalue weighted by Gasteiger charge is 2.07. The molecule has 0 spiro atoms. The number of anilines is 2. The predicted molar refractivity (Wildman–Crippen MR) is 111 cm³/mol. The average molecular weight is 374 g/mol. The van der Waals surface area contributed by atoms with Crippen molar-refractivity contribution < 1.29 is 14.3 Å². The van der Waals surface area contributed by atoms with Crippen LogP contribution in [0.5, 0.6) is 5.75 Å². The van der Waals surface area contributed by atoms with Crippen LogP contribution in [0.3, 0.4) is 0 Å². The Morgan fingerprint density at radius 3 is 2.18 bits per heavy atom. The molecule has 0 fully saturated rings. The van der Waals surface area contributed by atoms with Crippen LogP contribution < -0.4 is 15.4 Å². The summed E-state index contributed by atoms with van der Waals surface area (Å²) in [7, 11) is 0. The molecule has 0 radical (unpaired) electrons. The highest BCUT2D eigenvalue weighted by molar-refractivity contribution is 6.04. The smallest absolute Gasteiger partial charge is 0.255 e. The predicted octanol–water partition coefficient (Wildman–Crippen LogP) is 4.52. The molecule has 0 aliphatic carbocycles. The van der Waals surface area contributed by atoms with Gasteiger partial charge < -0.3 is 15.4 Å². The van der Waals surface area contributed by atoms with Gasteiger partial charge in [0.05, 0.1) is 6.61 Å². The number of hydrogen-bond acceptors (Lipinski definition) is 3. The van der Waals surface area contributed by atoms with E-state index < -0.39 is 0 Å². The van der Waals surface area contributed by atoms with E-state index >= 15 is 0 Å². The van der Waals surface area contributed by atoms with E-state index in [0.717, 1.165) is 12.2 Å². The number of benzene rings is 3. The molecule has 2 amide bonds. The summed E-state index contributed by atoms with van der Waals surface area (Å²) in [4.78, 5) is 23.6. The molecule has 0 aromatic heterocycles. The first kappa shape index (κ1) is 19.2. The lowest BCUT2D eigenvalue weighted by Gasteiger charge is -2.09. The Morgan fingerprint density at radius 2 is 1.50 bits per heavy atom. The Hall–Kier alpha value is -3.60. The molecule has 0 atom stereocenters. The summed E-state index contributed by atoms with van der Waals surface area (Å²) >= 11 is 0. The molecular weight excluding hydrogens is 352 g/mol. The fourth-order valence-corrected chi connectivity index (χ4v) is 2.72. The zero-order valence-corrected chi connectivity index (χ0v) is 15.6. The third kappa shape index (κ3) is 5.71. The lowest BCUT2D eigenvalue weighted by molar-refractivity contribution is -0.114. The van der Waals surface area contributed by atoms with Gasteiger partial charge in [0, 0.05) is 30.3 Å². The van der Waals surface area contributed by atoms with Gasteiger partial charge >= 0.3 is 0 Å². The van der Waals surface area contributed by atoms with Crippen molar-refractivity contribution in [1.82, 2.24) is 0 Å². The van der Waals surface area contributed by atoms with E-state index in [4.69, 9.17) is 4.74 Å². The Morgan fingerprint density at radius 1 is 0.821 bits per heavy atom. The Bertz CT molecular complexity index is 938. The van der Waals surface area contributed by atoms with Crippen LogP contribution in [0.4, 0.5) is 11.4 Å². The largest absolute Gasteiger partial charge is 0.493 e. The van der Waals surface area contributed by atoms with Crippen LogP contribution in [0.1, 0.15) is 22.8 Å². The monoisotopic (exact) mass is 374 g/mol. The summed E-state index contributed by atoms with van der Waals surface area (Å²) in [5.74, 6) is 0.335. The molecule has 0 saturated heterocycles. The molecule has 0 saturated carbocycles. The van der Waals surface area contributed by atoms with Crippen LogP contribution in [0.2, 0.25) is 0 Å². The second-order valence-corrected chi connectivity index (χ2v) is 6.32. The summed E-state index contributed by atoms with van der Waals surface area (Å²) in [6.45, 7) is 2.01. The van der Waals surface area contributed by atoms with Crippen molar-refractivity contribution in [2.45, 2.75) is 13.3 Å². The van der Waals surface area contributed by atoms with Crippen LogP contribution in [0, 0.1) is 0 Å². The van der Waals surface area contributed by atoms with Gasteiger partial charge in [-0.1, -0.05) is 36.4 Å². The topological polar surface area (TPSA) is 67.4 Å². The molecule has 3 aromatic carbocycles. The molecule has 5 heteroatoms.